The molecule has 0 heterocycles. The number of hydrogen-bond acceptors (Lipinski definition) is 0. The zero-order chi connectivity index (χ0) is 6.85. The predicted octanol–water partition coefficient (Wildman–Crippen LogP) is 3.25. The largest absolute Gasteiger partial charge is 0.0823 e. The molecule has 0 N–H and O–H groups in total. The van der Waals surface area contributed by atoms with E-state index in [-0.39, 0.29) is 0 Å². The lowest BCUT2D eigenvalue weighted by molar-refractivity contribution is 0.318. The Kier molecular flexibility index (Phi) is 2.80. The lowest BCUT2D eigenvalue weighted by atomic mass is 9.84. The highest BCUT2D eigenvalue weighted by molar-refractivity contribution is 14.1. The third-order valence-corrected chi connectivity index (χ3v) is 4.18. The van der Waals surface area contributed by atoms with Gasteiger partial charge in [-0.15, -0.1) is 0 Å². The Bertz CT molecular complexity index is 90.6. The average molecular weight is 238 g/mol. The number of rotatable bonds is 0. The fourth-order valence-corrected chi connectivity index (χ4v) is 2.28. The molecule has 1 fully saturated rings. The third-order valence-electron chi connectivity index (χ3n) is 2.33. The molecule has 0 nitrogen and oxygen atoms in total. The van der Waals surface area contributed by atoms with E-state index in [0.29, 0.717) is 0 Å². The van der Waals surface area contributed by atoms with Crippen molar-refractivity contribution in [2.24, 2.45) is 11.8 Å². The topological polar surface area (TPSA) is 0 Å². The van der Waals surface area contributed by atoms with E-state index >= 15 is 0 Å². The van der Waals surface area contributed by atoms with E-state index in [1.807, 2.05) is 0 Å². The summed E-state index contributed by atoms with van der Waals surface area (Å²) < 4.78 is 0.957. The number of alkyl halides is 1. The van der Waals surface area contributed by atoms with E-state index in [1.165, 1.54) is 19.3 Å². The van der Waals surface area contributed by atoms with Gasteiger partial charge in [0, 0.05) is 3.92 Å². The van der Waals surface area contributed by atoms with Crippen LogP contribution in [0.2, 0.25) is 0 Å². The maximum absolute atomic E-state index is 2.59. The molecule has 0 radical (unpaired) electrons. The highest BCUT2D eigenvalue weighted by Gasteiger charge is 2.22. The van der Waals surface area contributed by atoms with Crippen molar-refractivity contribution in [2.75, 3.05) is 0 Å². The van der Waals surface area contributed by atoms with Crippen LogP contribution in [0.1, 0.15) is 33.1 Å². The van der Waals surface area contributed by atoms with Gasteiger partial charge in [-0.05, 0) is 31.1 Å². The van der Waals surface area contributed by atoms with Gasteiger partial charge in [-0.25, -0.2) is 0 Å². The zero-order valence-electron chi connectivity index (χ0n) is 6.23. The molecule has 3 unspecified atom stereocenters. The molecule has 9 heavy (non-hydrogen) atoms. The number of hydrogen-bond donors (Lipinski definition) is 0. The van der Waals surface area contributed by atoms with Gasteiger partial charge in [-0.3, -0.25) is 0 Å². The van der Waals surface area contributed by atoms with Crippen LogP contribution in [0.5, 0.6) is 0 Å². The van der Waals surface area contributed by atoms with Gasteiger partial charge < -0.3 is 0 Å². The molecule has 3 atom stereocenters. The van der Waals surface area contributed by atoms with Crippen LogP contribution in [0.15, 0.2) is 0 Å². The van der Waals surface area contributed by atoms with Crippen molar-refractivity contribution in [3.8, 4) is 0 Å². The second kappa shape index (κ2) is 3.22. The van der Waals surface area contributed by atoms with Crippen LogP contribution in [0.3, 0.4) is 0 Å². The first kappa shape index (κ1) is 7.83. The van der Waals surface area contributed by atoms with Gasteiger partial charge in [0.2, 0.25) is 0 Å². The highest BCUT2D eigenvalue weighted by Crippen LogP contribution is 2.33. The first-order valence-corrected chi connectivity index (χ1v) is 5.08. The summed E-state index contributed by atoms with van der Waals surface area (Å²) in [5, 5.41) is 0. The third kappa shape index (κ3) is 2.10. The molecule has 0 aromatic carbocycles. The van der Waals surface area contributed by atoms with Crippen LogP contribution in [0.4, 0.5) is 0 Å². The average Bonchev–Trinajstić information content (AvgIpc) is 1.80. The van der Waals surface area contributed by atoms with Crippen LogP contribution in [-0.2, 0) is 0 Å². The maximum atomic E-state index is 2.59. The van der Waals surface area contributed by atoms with Crippen molar-refractivity contribution >= 4 is 22.6 Å². The van der Waals surface area contributed by atoms with Crippen LogP contribution >= 0.6 is 22.6 Å². The Morgan fingerprint density at radius 3 is 2.33 bits per heavy atom. The fourth-order valence-electron chi connectivity index (χ4n) is 1.63. The monoisotopic (exact) mass is 238 g/mol. The molecule has 0 amide bonds. The molecule has 1 aliphatic carbocycles. The van der Waals surface area contributed by atoms with Gasteiger partial charge in [0.1, 0.15) is 0 Å². The molecule has 0 aliphatic heterocycles. The molecule has 0 spiro atoms. The molecule has 1 rings (SSSR count). The van der Waals surface area contributed by atoms with Crippen LogP contribution in [-0.4, -0.2) is 3.92 Å². The molecular formula is C8H15I. The van der Waals surface area contributed by atoms with Crippen molar-refractivity contribution in [3.63, 3.8) is 0 Å². The summed E-state index contributed by atoms with van der Waals surface area (Å²) in [7, 11) is 0. The molecule has 0 bridgehead atoms. The Hall–Kier alpha value is 0.730. The maximum Gasteiger partial charge on any atom is 0.0135 e. The summed E-state index contributed by atoms with van der Waals surface area (Å²) in [5.74, 6) is 1.96. The van der Waals surface area contributed by atoms with Gasteiger partial charge >= 0.3 is 0 Å². The quantitative estimate of drug-likeness (QED) is 0.449. The minimum absolute atomic E-state index is 0.957. The summed E-state index contributed by atoms with van der Waals surface area (Å²) in [4.78, 5) is 0. The lowest BCUT2D eigenvalue weighted by Crippen LogP contribution is -2.20. The predicted molar refractivity (Wildman–Crippen MR) is 50.0 cm³/mol. The first-order valence-electron chi connectivity index (χ1n) is 3.84. The van der Waals surface area contributed by atoms with Crippen molar-refractivity contribution in [2.45, 2.75) is 37.0 Å². The standard InChI is InChI=1S/C8H15I/c1-6-3-4-8(9)7(2)5-6/h6-8H,3-5H2,1-2H3. The zero-order valence-corrected chi connectivity index (χ0v) is 8.39. The minimum atomic E-state index is 0.957. The van der Waals surface area contributed by atoms with Crippen molar-refractivity contribution in [1.29, 1.82) is 0 Å². The molecule has 0 aromatic heterocycles. The number of halogens is 1. The van der Waals surface area contributed by atoms with Gasteiger partial charge in [-0.1, -0.05) is 36.4 Å². The first-order chi connectivity index (χ1) is 4.20. The second-order valence-corrected chi connectivity index (χ2v) is 5.01. The lowest BCUT2D eigenvalue weighted by Gasteiger charge is -2.28. The Morgan fingerprint density at radius 1 is 1.22 bits per heavy atom. The Morgan fingerprint density at radius 2 is 1.89 bits per heavy atom. The summed E-state index contributed by atoms with van der Waals surface area (Å²) in [6.45, 7) is 4.76. The molecule has 54 valence electrons. The van der Waals surface area contributed by atoms with Gasteiger partial charge in [0.05, 0.1) is 0 Å². The van der Waals surface area contributed by atoms with Crippen molar-refractivity contribution in [3.05, 3.63) is 0 Å². The Balaban J connectivity index is 2.35. The SMILES string of the molecule is CC1CCC(I)C(C)C1. The van der Waals surface area contributed by atoms with Crippen LogP contribution in [0, 0.1) is 11.8 Å². The van der Waals surface area contributed by atoms with E-state index in [2.05, 4.69) is 36.4 Å². The minimum Gasteiger partial charge on any atom is -0.0823 e. The molecule has 0 saturated heterocycles. The van der Waals surface area contributed by atoms with E-state index in [9.17, 15) is 0 Å². The van der Waals surface area contributed by atoms with Crippen LogP contribution in [0.25, 0.3) is 0 Å². The molecule has 0 aromatic rings. The van der Waals surface area contributed by atoms with Gasteiger partial charge in [-0.2, -0.15) is 0 Å². The van der Waals surface area contributed by atoms with E-state index < -0.39 is 0 Å². The molecule has 1 heteroatoms. The highest BCUT2D eigenvalue weighted by atomic mass is 127. The van der Waals surface area contributed by atoms with E-state index in [4.69, 9.17) is 0 Å². The second-order valence-electron chi connectivity index (χ2n) is 3.41. The van der Waals surface area contributed by atoms with Crippen LogP contribution < -0.4 is 0 Å². The summed E-state index contributed by atoms with van der Waals surface area (Å²) in [6, 6.07) is 0. The summed E-state index contributed by atoms with van der Waals surface area (Å²) in [5.41, 5.74) is 0. The summed E-state index contributed by atoms with van der Waals surface area (Å²) >= 11 is 2.59. The van der Waals surface area contributed by atoms with Crippen molar-refractivity contribution in [1.82, 2.24) is 0 Å². The Labute approximate surface area is 71.5 Å². The van der Waals surface area contributed by atoms with Gasteiger partial charge in [0.25, 0.3) is 0 Å². The fraction of sp³-hybridized carbons (Fsp3) is 1.00. The van der Waals surface area contributed by atoms with E-state index in [1.54, 1.807) is 0 Å². The smallest absolute Gasteiger partial charge is 0.0135 e. The normalized spacial score (nSPS) is 45.0. The van der Waals surface area contributed by atoms with Crippen molar-refractivity contribution < 1.29 is 0 Å². The van der Waals surface area contributed by atoms with Gasteiger partial charge in [0.15, 0.2) is 0 Å². The van der Waals surface area contributed by atoms with E-state index in [0.717, 1.165) is 15.8 Å². The molecule has 1 saturated carbocycles. The molecule has 1 aliphatic rings. The summed E-state index contributed by atoms with van der Waals surface area (Å²) in [6.07, 6.45) is 4.36. The molecular weight excluding hydrogens is 223 g/mol.